The Morgan fingerprint density at radius 2 is 1.65 bits per heavy atom. The fourth-order valence-electron chi connectivity index (χ4n) is 9.08. The number of nitriles is 1. The average Bonchev–Trinajstić information content (AvgIpc) is 3.54. The number of carbonyl (C=O) groups excluding carboxylic acids is 4. The van der Waals surface area contributed by atoms with Gasteiger partial charge in [0, 0.05) is 43.1 Å². The van der Waals surface area contributed by atoms with Gasteiger partial charge in [-0.3, -0.25) is 24.2 Å². The number of halogens is 1. The number of hydrogen-bond acceptors (Lipinski definition) is 8. The zero-order valence-electron chi connectivity index (χ0n) is 28.7. The monoisotopic (exact) mass is 679 g/mol. The maximum absolute atomic E-state index is 14.2. The number of piperidine rings is 2. The second-order valence-electron chi connectivity index (χ2n) is 14.8. The number of nitrogens with zero attached hydrogens (tertiary/aromatic N) is 5. The summed E-state index contributed by atoms with van der Waals surface area (Å²) in [5, 5.41) is 9.55. The second kappa shape index (κ2) is 15.0. The molecular weight excluding hydrogens is 629 g/mol. The van der Waals surface area contributed by atoms with E-state index in [1.165, 1.54) is 9.80 Å². The largest absolute Gasteiger partial charge is 0.466 e. The summed E-state index contributed by atoms with van der Waals surface area (Å²) < 4.78 is 25.3. The summed E-state index contributed by atoms with van der Waals surface area (Å²) >= 11 is 0. The Morgan fingerprint density at radius 1 is 0.959 bits per heavy atom. The van der Waals surface area contributed by atoms with E-state index in [9.17, 15) is 28.8 Å². The third kappa shape index (κ3) is 7.42. The fraction of sp³-hybridized carbons (Fsp3) is 0.703. The van der Waals surface area contributed by atoms with Gasteiger partial charge < -0.3 is 19.3 Å². The zero-order chi connectivity index (χ0) is 34.6. The number of fused-ring (bicyclic) bond motifs is 3. The number of hydrogen-bond donors (Lipinski definition) is 0. The van der Waals surface area contributed by atoms with E-state index in [0.717, 1.165) is 44.3 Å². The van der Waals surface area contributed by atoms with Crippen LogP contribution in [-0.4, -0.2) is 113 Å². The molecule has 6 aliphatic rings. The van der Waals surface area contributed by atoms with Crippen molar-refractivity contribution in [3.05, 3.63) is 35.9 Å². The molecule has 0 unspecified atom stereocenters. The highest BCUT2D eigenvalue weighted by Gasteiger charge is 2.57. The first kappa shape index (κ1) is 35.1. The molecule has 1 aromatic rings. The topological polar surface area (TPSA) is 123 Å². The molecule has 3 heterocycles. The van der Waals surface area contributed by atoms with Crippen LogP contribution in [0.3, 0.4) is 0 Å². The molecule has 0 aromatic heterocycles. The molecule has 12 heteroatoms. The summed E-state index contributed by atoms with van der Waals surface area (Å²) in [6.07, 6.45) is 5.26. The van der Waals surface area contributed by atoms with Gasteiger partial charge in [0.1, 0.15) is 25.4 Å². The highest BCUT2D eigenvalue weighted by atomic mass is 19.1. The maximum atomic E-state index is 14.2. The molecule has 3 saturated carbocycles. The normalized spacial score (nSPS) is 30.4. The third-order valence-electron chi connectivity index (χ3n) is 12.0. The lowest BCUT2D eigenvalue weighted by molar-refractivity contribution is -0.156. The summed E-state index contributed by atoms with van der Waals surface area (Å²) in [7, 11) is 0. The van der Waals surface area contributed by atoms with Crippen molar-refractivity contribution in [2.24, 2.45) is 11.3 Å². The molecule has 3 amide bonds. The predicted octanol–water partition coefficient (Wildman–Crippen LogP) is 4.45. The molecule has 1 aromatic carbocycles. The number of esters is 1. The lowest BCUT2D eigenvalue weighted by Gasteiger charge is -2.57. The molecule has 0 spiro atoms. The minimum absolute atomic E-state index is 0.0279. The number of alkyl halides is 1. The molecule has 11 nitrogen and oxygen atoms in total. The van der Waals surface area contributed by atoms with Crippen LogP contribution in [0.25, 0.3) is 0 Å². The van der Waals surface area contributed by atoms with Gasteiger partial charge in [-0.2, -0.15) is 5.26 Å². The van der Waals surface area contributed by atoms with E-state index in [1.807, 2.05) is 48.2 Å². The van der Waals surface area contributed by atoms with Crippen molar-refractivity contribution in [1.29, 1.82) is 5.26 Å². The van der Waals surface area contributed by atoms with Crippen molar-refractivity contribution in [1.82, 2.24) is 19.6 Å². The van der Waals surface area contributed by atoms with Gasteiger partial charge in [-0.25, -0.2) is 9.18 Å². The third-order valence-corrected chi connectivity index (χ3v) is 12.0. The number of carbonyl (C=O) groups is 4. The van der Waals surface area contributed by atoms with Crippen molar-refractivity contribution in [2.75, 3.05) is 45.9 Å². The number of amides is 3. The Hall–Kier alpha value is -3.72. The standard InChI is InChI=1S/C37H50FN5O6/c1-2-48-33(45)28-9-6-18-41(23-28)30-10-19-40(20-11-30)34(46)36-12-15-37(16-13-36,17-14-36)43(35(47)49-26-27-7-4-3-5-8-27)25-32(44)42-24-29(38)21-31(42)22-39/h3-5,7-8,28-31H,2,6,9-21,23-26H2,1H3/t28-,29+,31+,36?,37?/m1/s1. The van der Waals surface area contributed by atoms with Gasteiger partial charge in [-0.1, -0.05) is 30.3 Å². The van der Waals surface area contributed by atoms with Crippen LogP contribution in [0.2, 0.25) is 0 Å². The first-order valence-electron chi connectivity index (χ1n) is 18.2. The lowest BCUT2D eigenvalue weighted by atomic mass is 9.56. The highest BCUT2D eigenvalue weighted by Crippen LogP contribution is 2.56. The molecule has 0 radical (unpaired) electrons. The summed E-state index contributed by atoms with van der Waals surface area (Å²) in [5.41, 5.74) is -0.316. The van der Waals surface area contributed by atoms with E-state index in [0.29, 0.717) is 64.3 Å². The van der Waals surface area contributed by atoms with Crippen LogP contribution < -0.4 is 0 Å². The van der Waals surface area contributed by atoms with Crippen LogP contribution >= 0.6 is 0 Å². The van der Waals surface area contributed by atoms with Crippen LogP contribution in [0.1, 0.15) is 83.1 Å². The number of benzene rings is 1. The van der Waals surface area contributed by atoms with Crippen molar-refractivity contribution in [3.8, 4) is 6.07 Å². The van der Waals surface area contributed by atoms with E-state index >= 15 is 0 Å². The molecule has 3 saturated heterocycles. The van der Waals surface area contributed by atoms with Crippen LogP contribution in [0.4, 0.5) is 9.18 Å². The zero-order valence-corrected chi connectivity index (χ0v) is 28.7. The summed E-state index contributed by atoms with van der Waals surface area (Å²) in [6.45, 7) is 4.91. The average molecular weight is 680 g/mol. The van der Waals surface area contributed by atoms with Crippen LogP contribution in [-0.2, 0) is 30.5 Å². The predicted molar refractivity (Wildman–Crippen MR) is 177 cm³/mol. The Bertz CT molecular complexity index is 1390. The second-order valence-corrected chi connectivity index (χ2v) is 14.8. The minimum atomic E-state index is -1.27. The van der Waals surface area contributed by atoms with Crippen molar-refractivity contribution < 1.29 is 33.0 Å². The van der Waals surface area contributed by atoms with E-state index < -0.39 is 35.2 Å². The Morgan fingerprint density at radius 3 is 2.31 bits per heavy atom. The quantitative estimate of drug-likeness (QED) is 0.351. The molecule has 7 rings (SSSR count). The molecule has 6 fully saturated rings. The van der Waals surface area contributed by atoms with E-state index in [4.69, 9.17) is 9.47 Å². The van der Waals surface area contributed by atoms with Crippen molar-refractivity contribution in [2.45, 2.75) is 108 Å². The van der Waals surface area contributed by atoms with Gasteiger partial charge in [0.2, 0.25) is 11.8 Å². The van der Waals surface area contributed by atoms with Crippen LogP contribution in [0.5, 0.6) is 0 Å². The molecule has 266 valence electrons. The van der Waals surface area contributed by atoms with Gasteiger partial charge in [0.15, 0.2) is 0 Å². The SMILES string of the molecule is CCOC(=O)[C@@H]1CCCN(C2CCN(C(=O)C34CCC(N(CC(=O)N5C[C@@H](F)C[C@H]5C#N)C(=O)OCc5ccccc5)(CC3)CC4)CC2)C1. The maximum Gasteiger partial charge on any atom is 0.411 e. The fourth-order valence-corrected chi connectivity index (χ4v) is 9.08. The van der Waals surface area contributed by atoms with Gasteiger partial charge in [-0.05, 0) is 83.2 Å². The van der Waals surface area contributed by atoms with E-state index in [-0.39, 0.29) is 43.9 Å². The number of rotatable bonds is 9. The highest BCUT2D eigenvalue weighted by molar-refractivity contribution is 5.85. The summed E-state index contributed by atoms with van der Waals surface area (Å²) in [4.78, 5) is 61.1. The molecule has 3 aliphatic heterocycles. The summed E-state index contributed by atoms with van der Waals surface area (Å²) in [6, 6.07) is 10.9. The van der Waals surface area contributed by atoms with Gasteiger partial charge in [0.05, 0.1) is 25.1 Å². The van der Waals surface area contributed by atoms with Crippen molar-refractivity contribution >= 4 is 23.9 Å². The molecule has 3 atom stereocenters. The van der Waals surface area contributed by atoms with Crippen LogP contribution in [0.15, 0.2) is 30.3 Å². The van der Waals surface area contributed by atoms with Crippen molar-refractivity contribution in [3.63, 3.8) is 0 Å². The number of likely N-dealkylation sites (tertiary alicyclic amines) is 3. The van der Waals surface area contributed by atoms with Crippen LogP contribution in [0, 0.1) is 22.7 Å². The molecule has 2 bridgehead atoms. The molecule has 3 aliphatic carbocycles. The first-order valence-corrected chi connectivity index (χ1v) is 18.2. The minimum Gasteiger partial charge on any atom is -0.466 e. The molecular formula is C37H50FN5O6. The van der Waals surface area contributed by atoms with Gasteiger partial charge >= 0.3 is 12.1 Å². The smallest absolute Gasteiger partial charge is 0.411 e. The van der Waals surface area contributed by atoms with E-state index in [2.05, 4.69) is 4.90 Å². The molecule has 0 N–H and O–H groups in total. The molecule has 49 heavy (non-hydrogen) atoms. The Balaban J connectivity index is 1.09. The Labute approximate surface area is 288 Å². The summed E-state index contributed by atoms with van der Waals surface area (Å²) in [5.74, 6) is -0.445. The Kier molecular flexibility index (Phi) is 10.8. The van der Waals surface area contributed by atoms with Gasteiger partial charge in [0.25, 0.3) is 0 Å². The lowest BCUT2D eigenvalue weighted by Crippen LogP contribution is -2.63. The van der Waals surface area contributed by atoms with E-state index in [1.54, 1.807) is 0 Å². The van der Waals surface area contributed by atoms with Gasteiger partial charge in [-0.15, -0.1) is 0 Å². The number of ether oxygens (including phenoxy) is 2. The first-order chi connectivity index (χ1) is 23.7.